The summed E-state index contributed by atoms with van der Waals surface area (Å²) in [7, 11) is 0. The van der Waals surface area contributed by atoms with Gasteiger partial charge in [-0.3, -0.25) is 0 Å². The first-order chi connectivity index (χ1) is 4.75. The van der Waals surface area contributed by atoms with E-state index >= 15 is 0 Å². The summed E-state index contributed by atoms with van der Waals surface area (Å²) in [5.74, 6) is -0.621. The predicted octanol–water partition coefficient (Wildman–Crippen LogP) is 0.945. The van der Waals surface area contributed by atoms with Crippen LogP contribution in [-0.4, -0.2) is 20.7 Å². The first kappa shape index (κ1) is 6.58. The Hall–Kier alpha value is -1.54. The van der Waals surface area contributed by atoms with Gasteiger partial charge in [-0.15, -0.1) is 0 Å². The number of hydrogen-bond donors (Lipinski definition) is 2. The van der Waals surface area contributed by atoms with E-state index in [0.717, 1.165) is 0 Å². The molecule has 0 heterocycles. The lowest BCUT2D eigenvalue weighted by atomic mass is 10.1. The SMILES string of the molecule is [N-]=[N+]=C1CC=CC(O)=C1O. The minimum atomic E-state index is -0.356. The zero-order chi connectivity index (χ0) is 7.56. The number of aliphatic hydroxyl groups is 2. The molecule has 1 aliphatic carbocycles. The minimum absolute atomic E-state index is 0.0833. The van der Waals surface area contributed by atoms with Crippen molar-refractivity contribution in [1.82, 2.24) is 0 Å². The van der Waals surface area contributed by atoms with E-state index < -0.39 is 0 Å². The van der Waals surface area contributed by atoms with E-state index in [0.29, 0.717) is 6.42 Å². The number of nitrogens with zero attached hydrogens (tertiary/aromatic N) is 2. The molecular weight excluding hydrogens is 132 g/mol. The van der Waals surface area contributed by atoms with E-state index in [1.54, 1.807) is 6.08 Å². The smallest absolute Gasteiger partial charge is 0.340 e. The van der Waals surface area contributed by atoms with Crippen molar-refractivity contribution in [3.63, 3.8) is 0 Å². The Balaban J connectivity index is 3.10. The number of rotatable bonds is 0. The van der Waals surface area contributed by atoms with Gasteiger partial charge in [-0.05, 0) is 6.08 Å². The lowest BCUT2D eigenvalue weighted by Gasteiger charge is -1.99. The van der Waals surface area contributed by atoms with E-state index in [1.165, 1.54) is 6.08 Å². The van der Waals surface area contributed by atoms with Gasteiger partial charge in [0.1, 0.15) is 0 Å². The summed E-state index contributed by atoms with van der Waals surface area (Å²) in [4.78, 5) is 2.78. The summed E-state index contributed by atoms with van der Waals surface area (Å²) >= 11 is 0. The molecule has 0 aliphatic heterocycles. The van der Waals surface area contributed by atoms with Gasteiger partial charge >= 0.3 is 5.71 Å². The predicted molar refractivity (Wildman–Crippen MR) is 34.7 cm³/mol. The van der Waals surface area contributed by atoms with Crippen molar-refractivity contribution >= 4 is 5.71 Å². The van der Waals surface area contributed by atoms with Gasteiger partial charge in [0.2, 0.25) is 5.76 Å². The molecule has 0 aromatic rings. The van der Waals surface area contributed by atoms with Crippen LogP contribution < -0.4 is 0 Å². The molecule has 0 saturated heterocycles. The average Bonchev–Trinajstić information content (AvgIpc) is 1.95. The molecule has 0 radical (unpaired) electrons. The molecule has 10 heavy (non-hydrogen) atoms. The Labute approximate surface area is 57.3 Å². The van der Waals surface area contributed by atoms with E-state index in [2.05, 4.69) is 4.79 Å². The van der Waals surface area contributed by atoms with Gasteiger partial charge in [-0.25, -0.2) is 0 Å². The molecule has 0 aromatic heterocycles. The van der Waals surface area contributed by atoms with Crippen LogP contribution in [0.1, 0.15) is 6.42 Å². The van der Waals surface area contributed by atoms with Crippen LogP contribution >= 0.6 is 0 Å². The topological polar surface area (TPSA) is 76.9 Å². The lowest BCUT2D eigenvalue weighted by molar-refractivity contribution is -0.0105. The highest BCUT2D eigenvalue weighted by molar-refractivity contribution is 5.96. The Morgan fingerprint density at radius 2 is 2.20 bits per heavy atom. The van der Waals surface area contributed by atoms with E-state index in [9.17, 15) is 0 Å². The van der Waals surface area contributed by atoms with Crippen LogP contribution in [0.25, 0.3) is 5.53 Å². The maximum Gasteiger partial charge on any atom is 0.340 e. The molecule has 52 valence electrons. The van der Waals surface area contributed by atoms with Gasteiger partial charge in [0.25, 0.3) is 0 Å². The Morgan fingerprint density at radius 1 is 1.50 bits per heavy atom. The fraction of sp³-hybridized carbons (Fsp3) is 0.167. The summed E-state index contributed by atoms with van der Waals surface area (Å²) in [5.41, 5.74) is 8.31. The molecule has 0 bridgehead atoms. The molecule has 0 amide bonds. The zero-order valence-corrected chi connectivity index (χ0v) is 5.15. The standard InChI is InChI=1S/C6H6N2O2/c7-8-4-2-1-3-5(9)6(4)10/h1,3,9-10H,2H2. The highest BCUT2D eigenvalue weighted by Crippen LogP contribution is 2.09. The highest BCUT2D eigenvalue weighted by atomic mass is 16.3. The molecule has 0 aromatic carbocycles. The Bertz CT molecular complexity index is 259. The van der Waals surface area contributed by atoms with E-state index in [4.69, 9.17) is 15.7 Å². The molecule has 2 N–H and O–H groups in total. The largest absolute Gasteiger partial charge is 0.504 e. The van der Waals surface area contributed by atoms with Crippen LogP contribution in [-0.2, 0) is 0 Å². The molecular formula is C6H6N2O2. The van der Waals surface area contributed by atoms with Crippen LogP contribution in [0.4, 0.5) is 0 Å². The fourth-order valence-corrected chi connectivity index (χ4v) is 0.694. The second-order valence-corrected chi connectivity index (χ2v) is 1.89. The zero-order valence-electron chi connectivity index (χ0n) is 5.15. The maximum atomic E-state index is 8.93. The van der Waals surface area contributed by atoms with Gasteiger partial charge in [-0.1, -0.05) is 6.08 Å². The third-order valence-electron chi connectivity index (χ3n) is 1.22. The molecule has 0 saturated carbocycles. The summed E-state index contributed by atoms with van der Waals surface area (Å²) in [6, 6.07) is 0. The number of aliphatic hydroxyl groups excluding tert-OH is 2. The normalized spacial score (nSPS) is 17.4. The summed E-state index contributed by atoms with van der Waals surface area (Å²) in [5, 5.41) is 17.8. The quantitative estimate of drug-likeness (QED) is 0.386. The second kappa shape index (κ2) is 2.37. The van der Waals surface area contributed by atoms with Crippen LogP contribution in [0.5, 0.6) is 0 Å². The lowest BCUT2D eigenvalue weighted by Crippen LogP contribution is -2.08. The van der Waals surface area contributed by atoms with Crippen molar-refractivity contribution < 1.29 is 15.0 Å². The monoisotopic (exact) mass is 138 g/mol. The third kappa shape index (κ3) is 0.921. The second-order valence-electron chi connectivity index (χ2n) is 1.89. The molecule has 0 atom stereocenters. The van der Waals surface area contributed by atoms with E-state index in [1.807, 2.05) is 0 Å². The first-order valence-corrected chi connectivity index (χ1v) is 2.75. The Kier molecular flexibility index (Phi) is 1.56. The minimum Gasteiger partial charge on any atom is -0.504 e. The van der Waals surface area contributed by atoms with Crippen molar-refractivity contribution in [2.75, 3.05) is 0 Å². The number of hydrogen-bond acceptors (Lipinski definition) is 2. The van der Waals surface area contributed by atoms with Crippen LogP contribution in [0.2, 0.25) is 0 Å². The Morgan fingerprint density at radius 3 is 2.70 bits per heavy atom. The van der Waals surface area contributed by atoms with Crippen LogP contribution in [0.3, 0.4) is 0 Å². The average molecular weight is 138 g/mol. The molecule has 1 rings (SSSR count). The van der Waals surface area contributed by atoms with Crippen molar-refractivity contribution in [1.29, 1.82) is 0 Å². The summed E-state index contributed by atoms with van der Waals surface area (Å²) in [6.07, 6.45) is 3.28. The molecule has 0 fully saturated rings. The molecule has 0 spiro atoms. The van der Waals surface area contributed by atoms with Crippen molar-refractivity contribution in [3.05, 3.63) is 29.2 Å². The van der Waals surface area contributed by atoms with Gasteiger partial charge < -0.3 is 15.7 Å². The van der Waals surface area contributed by atoms with E-state index in [-0.39, 0.29) is 17.2 Å². The summed E-state index contributed by atoms with van der Waals surface area (Å²) < 4.78 is 0. The van der Waals surface area contributed by atoms with Crippen molar-refractivity contribution in [3.8, 4) is 0 Å². The molecule has 0 unspecified atom stereocenters. The highest BCUT2D eigenvalue weighted by Gasteiger charge is 2.19. The van der Waals surface area contributed by atoms with Crippen LogP contribution in [0.15, 0.2) is 23.7 Å². The fourth-order valence-electron chi connectivity index (χ4n) is 0.694. The van der Waals surface area contributed by atoms with Gasteiger partial charge in [0.15, 0.2) is 5.76 Å². The first-order valence-electron chi connectivity index (χ1n) is 2.75. The van der Waals surface area contributed by atoms with Gasteiger partial charge in [-0.2, -0.15) is 4.79 Å². The third-order valence-corrected chi connectivity index (χ3v) is 1.22. The van der Waals surface area contributed by atoms with Gasteiger partial charge in [0.05, 0.1) is 6.42 Å². The summed E-state index contributed by atoms with van der Waals surface area (Å²) in [6.45, 7) is 0. The number of allylic oxidation sites excluding steroid dienone is 3. The maximum absolute atomic E-state index is 8.93. The van der Waals surface area contributed by atoms with Crippen molar-refractivity contribution in [2.45, 2.75) is 6.42 Å². The molecule has 4 heteroatoms. The molecule has 4 nitrogen and oxygen atoms in total. The van der Waals surface area contributed by atoms with Crippen LogP contribution in [0, 0.1) is 0 Å². The molecule has 1 aliphatic rings. The van der Waals surface area contributed by atoms with Gasteiger partial charge in [0, 0.05) is 0 Å². The van der Waals surface area contributed by atoms with Crippen molar-refractivity contribution in [2.24, 2.45) is 0 Å².